The van der Waals surface area contributed by atoms with E-state index < -0.39 is 11.7 Å². The van der Waals surface area contributed by atoms with Crippen LogP contribution in [-0.4, -0.2) is 56.4 Å². The molecule has 34 heavy (non-hydrogen) atoms. The molecule has 1 fully saturated rings. The number of likely N-dealkylation sites (tertiary alicyclic amines) is 1. The molecular formula is C24H25F3N6S. The molecular weight excluding hydrogens is 461 g/mol. The quantitative estimate of drug-likeness (QED) is 0.380. The van der Waals surface area contributed by atoms with E-state index in [4.69, 9.17) is 4.98 Å². The highest BCUT2D eigenvalue weighted by molar-refractivity contribution is 7.03. The van der Waals surface area contributed by atoms with Crippen LogP contribution in [-0.2, 0) is 6.42 Å². The van der Waals surface area contributed by atoms with Crippen molar-refractivity contribution in [2.24, 2.45) is 0 Å². The van der Waals surface area contributed by atoms with Crippen LogP contribution in [0.25, 0.3) is 28.1 Å². The molecule has 0 saturated carbocycles. The van der Waals surface area contributed by atoms with Crippen LogP contribution in [0.1, 0.15) is 24.8 Å². The highest BCUT2D eigenvalue weighted by atomic mass is 32.1. The minimum atomic E-state index is -2.52. The Bertz CT molecular complexity index is 1280. The fourth-order valence-corrected chi connectivity index (χ4v) is 4.89. The summed E-state index contributed by atoms with van der Waals surface area (Å²) in [4.78, 5) is 11.1. The minimum Gasteiger partial charge on any atom is -0.371 e. The molecule has 1 aliphatic rings. The molecule has 4 aromatic rings. The van der Waals surface area contributed by atoms with Crippen molar-refractivity contribution in [3.8, 4) is 17.1 Å². The molecule has 4 aromatic heterocycles. The average Bonchev–Trinajstić information content (AvgIpc) is 3.48. The topological polar surface area (TPSA) is 58.9 Å². The van der Waals surface area contributed by atoms with Crippen LogP contribution >= 0.6 is 11.5 Å². The van der Waals surface area contributed by atoms with Crippen molar-refractivity contribution in [1.29, 1.82) is 0 Å². The van der Waals surface area contributed by atoms with E-state index in [9.17, 15) is 13.2 Å². The number of nitrogens with zero attached hydrogens (tertiary/aromatic N) is 5. The lowest BCUT2D eigenvalue weighted by molar-refractivity contribution is -0.0551. The predicted octanol–water partition coefficient (Wildman–Crippen LogP) is 5.39. The molecule has 0 aromatic carbocycles. The maximum Gasteiger partial charge on any atom is 0.250 e. The Balaban J connectivity index is 1.41. The van der Waals surface area contributed by atoms with Gasteiger partial charge in [0.05, 0.1) is 5.69 Å². The Kier molecular flexibility index (Phi) is 6.26. The van der Waals surface area contributed by atoms with E-state index in [0.717, 1.165) is 41.8 Å². The first-order valence-corrected chi connectivity index (χ1v) is 12.1. The van der Waals surface area contributed by atoms with Crippen molar-refractivity contribution in [3.05, 3.63) is 53.4 Å². The minimum absolute atomic E-state index is 0.0619. The van der Waals surface area contributed by atoms with E-state index in [1.54, 1.807) is 13.2 Å². The Morgan fingerprint density at radius 3 is 2.71 bits per heavy atom. The van der Waals surface area contributed by atoms with Gasteiger partial charge >= 0.3 is 0 Å². The number of alkyl halides is 2. The van der Waals surface area contributed by atoms with Crippen LogP contribution in [0, 0.1) is 5.82 Å². The lowest BCUT2D eigenvalue weighted by Gasteiger charge is -2.31. The molecule has 178 valence electrons. The summed E-state index contributed by atoms with van der Waals surface area (Å²) in [5, 5.41) is 5.63. The standard InChI is InChI=1S/C24H25F3N6S/c1-28-22-19(25)13-17(14-29-22)20-5-4-18-16(3-2-9-32-10-7-24(26,27)8-11-32)15-33(23(18)30-20)21-6-12-34-31-21/h4-6,12-15H,2-3,7-11H2,1H3,(H,28,29). The van der Waals surface area contributed by atoms with Gasteiger partial charge in [-0.2, -0.15) is 4.37 Å². The summed E-state index contributed by atoms with van der Waals surface area (Å²) >= 11 is 1.36. The lowest BCUT2D eigenvalue weighted by Crippen LogP contribution is -2.39. The molecule has 0 atom stereocenters. The van der Waals surface area contributed by atoms with Crippen molar-refractivity contribution in [3.63, 3.8) is 0 Å². The fraction of sp³-hybridized carbons (Fsp3) is 0.375. The smallest absolute Gasteiger partial charge is 0.250 e. The van der Waals surface area contributed by atoms with E-state index in [0.29, 0.717) is 24.3 Å². The summed E-state index contributed by atoms with van der Waals surface area (Å²) in [5.41, 5.74) is 3.08. The lowest BCUT2D eigenvalue weighted by atomic mass is 10.1. The van der Waals surface area contributed by atoms with Gasteiger partial charge in [0.1, 0.15) is 5.65 Å². The van der Waals surface area contributed by atoms with Gasteiger partial charge in [0, 0.05) is 61.7 Å². The van der Waals surface area contributed by atoms with Gasteiger partial charge in [-0.15, -0.1) is 0 Å². The number of piperidine rings is 1. The second-order valence-electron chi connectivity index (χ2n) is 8.56. The van der Waals surface area contributed by atoms with Crippen LogP contribution in [0.2, 0.25) is 0 Å². The predicted molar refractivity (Wildman–Crippen MR) is 128 cm³/mol. The third-order valence-corrected chi connectivity index (χ3v) is 6.84. The Hall–Kier alpha value is -2.98. The molecule has 0 radical (unpaired) electrons. The van der Waals surface area contributed by atoms with Crippen molar-refractivity contribution >= 4 is 28.4 Å². The zero-order valence-corrected chi connectivity index (χ0v) is 19.6. The summed E-state index contributed by atoms with van der Waals surface area (Å²) in [6.07, 6.45) is 5.19. The van der Waals surface area contributed by atoms with Gasteiger partial charge in [-0.1, -0.05) is 0 Å². The van der Waals surface area contributed by atoms with E-state index in [2.05, 4.69) is 19.6 Å². The SMILES string of the molecule is CNc1ncc(-c2ccc3c(CCCN4CCC(F)(F)CC4)cn(-c4ccsn4)c3n2)cc1F. The van der Waals surface area contributed by atoms with Gasteiger partial charge in [-0.3, -0.25) is 4.57 Å². The summed E-state index contributed by atoms with van der Waals surface area (Å²) in [7, 11) is 1.62. The Labute approximate surface area is 199 Å². The van der Waals surface area contributed by atoms with Crippen LogP contribution in [0.3, 0.4) is 0 Å². The number of halogens is 3. The number of hydrogen-bond acceptors (Lipinski definition) is 6. The van der Waals surface area contributed by atoms with Crippen LogP contribution in [0.5, 0.6) is 0 Å². The Morgan fingerprint density at radius 1 is 1.18 bits per heavy atom. The molecule has 5 heterocycles. The largest absolute Gasteiger partial charge is 0.371 e. The number of pyridine rings is 2. The second-order valence-corrected chi connectivity index (χ2v) is 9.22. The number of fused-ring (bicyclic) bond motifs is 1. The normalized spacial score (nSPS) is 16.2. The molecule has 1 N–H and O–H groups in total. The Morgan fingerprint density at radius 2 is 2.00 bits per heavy atom. The first-order valence-electron chi connectivity index (χ1n) is 11.3. The molecule has 0 amide bonds. The summed E-state index contributed by atoms with van der Waals surface area (Å²) in [6, 6.07) is 7.23. The number of rotatable bonds is 7. The first-order chi connectivity index (χ1) is 16.4. The number of aromatic nitrogens is 4. The van der Waals surface area contributed by atoms with Crippen molar-refractivity contribution in [2.45, 2.75) is 31.6 Å². The van der Waals surface area contributed by atoms with Crippen molar-refractivity contribution in [2.75, 3.05) is 32.0 Å². The number of anilines is 1. The molecule has 1 saturated heterocycles. The van der Waals surface area contributed by atoms with Gasteiger partial charge in [0.25, 0.3) is 5.92 Å². The van der Waals surface area contributed by atoms with Crippen LogP contribution < -0.4 is 5.32 Å². The maximum absolute atomic E-state index is 14.3. The van der Waals surface area contributed by atoms with E-state index in [1.807, 2.05) is 34.3 Å². The van der Waals surface area contributed by atoms with Gasteiger partial charge < -0.3 is 10.2 Å². The van der Waals surface area contributed by atoms with Gasteiger partial charge in [-0.25, -0.2) is 23.1 Å². The van der Waals surface area contributed by atoms with Gasteiger partial charge in [0.15, 0.2) is 17.5 Å². The number of hydrogen-bond donors (Lipinski definition) is 1. The average molecular weight is 487 g/mol. The van der Waals surface area contributed by atoms with E-state index in [1.165, 1.54) is 17.6 Å². The highest BCUT2D eigenvalue weighted by Crippen LogP contribution is 2.30. The maximum atomic E-state index is 14.3. The number of nitrogens with one attached hydrogen (secondary N) is 1. The monoisotopic (exact) mass is 486 g/mol. The fourth-order valence-electron chi connectivity index (χ4n) is 4.39. The van der Waals surface area contributed by atoms with Crippen LogP contribution in [0.15, 0.2) is 42.0 Å². The zero-order chi connectivity index (χ0) is 23.7. The highest BCUT2D eigenvalue weighted by Gasteiger charge is 2.33. The van der Waals surface area contributed by atoms with E-state index >= 15 is 0 Å². The zero-order valence-electron chi connectivity index (χ0n) is 18.8. The van der Waals surface area contributed by atoms with Crippen molar-refractivity contribution < 1.29 is 13.2 Å². The molecule has 1 aliphatic heterocycles. The number of aryl methyl sites for hydroxylation is 1. The summed E-state index contributed by atoms with van der Waals surface area (Å²) in [6.45, 7) is 1.67. The molecule has 10 heteroatoms. The molecule has 0 spiro atoms. The van der Waals surface area contributed by atoms with Crippen LogP contribution in [0.4, 0.5) is 19.0 Å². The van der Waals surface area contributed by atoms with Gasteiger partial charge in [-0.05, 0) is 60.7 Å². The molecule has 6 nitrogen and oxygen atoms in total. The van der Waals surface area contributed by atoms with E-state index in [-0.39, 0.29) is 18.7 Å². The molecule has 0 bridgehead atoms. The van der Waals surface area contributed by atoms with Crippen molar-refractivity contribution in [1.82, 2.24) is 23.8 Å². The molecule has 0 unspecified atom stereocenters. The third-order valence-electron chi connectivity index (χ3n) is 6.29. The second kappa shape index (κ2) is 9.34. The third kappa shape index (κ3) is 4.65. The summed E-state index contributed by atoms with van der Waals surface area (Å²) < 4.78 is 47.5. The first kappa shape index (κ1) is 22.8. The molecule has 5 rings (SSSR count). The molecule has 0 aliphatic carbocycles. The summed E-state index contributed by atoms with van der Waals surface area (Å²) in [5.74, 6) is -1.99. The van der Waals surface area contributed by atoms with Gasteiger partial charge in [0.2, 0.25) is 0 Å².